The summed E-state index contributed by atoms with van der Waals surface area (Å²) in [5.41, 5.74) is 0.465. The lowest BCUT2D eigenvalue weighted by atomic mass is 10.2. The maximum absolute atomic E-state index is 13.7. The summed E-state index contributed by atoms with van der Waals surface area (Å²) in [6, 6.07) is 4.32. The van der Waals surface area contributed by atoms with Gasteiger partial charge in [0.2, 0.25) is 0 Å². The number of halogens is 3. The van der Waals surface area contributed by atoms with E-state index in [1.54, 1.807) is 12.1 Å². The van der Waals surface area contributed by atoms with E-state index >= 15 is 0 Å². The molecule has 0 fully saturated rings. The Kier molecular flexibility index (Phi) is 4.52. The summed E-state index contributed by atoms with van der Waals surface area (Å²) in [6.45, 7) is 0. The van der Waals surface area contributed by atoms with Gasteiger partial charge in [0.1, 0.15) is 11.5 Å². The van der Waals surface area contributed by atoms with Gasteiger partial charge in [-0.2, -0.15) is 0 Å². The van der Waals surface area contributed by atoms with Crippen molar-refractivity contribution in [3.63, 3.8) is 0 Å². The van der Waals surface area contributed by atoms with E-state index in [0.29, 0.717) is 22.2 Å². The summed E-state index contributed by atoms with van der Waals surface area (Å²) in [4.78, 5) is 3.87. The van der Waals surface area contributed by atoms with Crippen LogP contribution in [0.25, 0.3) is 0 Å². The molecule has 2 rings (SSSR count). The Morgan fingerprint density at radius 2 is 1.80 bits per heavy atom. The predicted molar refractivity (Wildman–Crippen MR) is 77.0 cm³/mol. The number of rotatable bonds is 4. The summed E-state index contributed by atoms with van der Waals surface area (Å²) < 4.78 is 24.0. The van der Waals surface area contributed by atoms with Crippen LogP contribution in [-0.2, 0) is 0 Å². The van der Waals surface area contributed by atoms with Gasteiger partial charge in [-0.05, 0) is 12.1 Å². The summed E-state index contributed by atoms with van der Waals surface area (Å²) in [5.74, 6) is 0.349. The van der Waals surface area contributed by atoms with Crippen molar-refractivity contribution in [2.75, 3.05) is 19.5 Å². The fourth-order valence-electron chi connectivity index (χ4n) is 1.59. The summed E-state index contributed by atoms with van der Waals surface area (Å²) >= 11 is 11.7. The minimum Gasteiger partial charge on any atom is -0.495 e. The predicted octanol–water partition coefficient (Wildman–Crippen LogP) is 4.29. The molecular weight excluding hydrogens is 306 g/mol. The topological polar surface area (TPSA) is 43.4 Å². The minimum absolute atomic E-state index is 0.0222. The van der Waals surface area contributed by atoms with Crippen molar-refractivity contribution in [2.24, 2.45) is 0 Å². The summed E-state index contributed by atoms with van der Waals surface area (Å²) in [6.07, 6.45) is 1.34. The Morgan fingerprint density at radius 1 is 1.10 bits per heavy atom. The molecule has 1 heterocycles. The fraction of sp³-hybridized carbons (Fsp3) is 0.154. The Bertz CT molecular complexity index is 638. The van der Waals surface area contributed by atoms with E-state index in [0.717, 1.165) is 6.07 Å². The Hall–Kier alpha value is -1.72. The molecule has 0 aliphatic heterocycles. The van der Waals surface area contributed by atoms with Crippen LogP contribution < -0.4 is 14.8 Å². The van der Waals surface area contributed by atoms with Crippen LogP contribution in [0.5, 0.6) is 11.5 Å². The molecule has 0 bridgehead atoms. The monoisotopic (exact) mass is 316 g/mol. The molecule has 1 aromatic carbocycles. The van der Waals surface area contributed by atoms with Gasteiger partial charge in [-0.15, -0.1) is 0 Å². The Labute approximate surface area is 125 Å². The molecule has 0 radical (unpaired) electrons. The standard InChI is InChI=1S/C13H11Cl2FN2O2/c1-19-11-5-12(20-2)10(4-8(11)15)18-13-9(16)3-7(14)6-17-13/h3-6H,1-2H3,(H,17,18). The number of aromatic nitrogens is 1. The molecule has 2 aromatic rings. The molecule has 0 unspecified atom stereocenters. The lowest BCUT2D eigenvalue weighted by molar-refractivity contribution is 0.395. The highest BCUT2D eigenvalue weighted by atomic mass is 35.5. The van der Waals surface area contributed by atoms with Crippen molar-refractivity contribution in [1.29, 1.82) is 0 Å². The van der Waals surface area contributed by atoms with Crippen molar-refractivity contribution >= 4 is 34.7 Å². The third kappa shape index (κ3) is 3.05. The number of nitrogens with zero attached hydrogens (tertiary/aromatic N) is 1. The average Bonchev–Trinajstić information content (AvgIpc) is 2.42. The van der Waals surface area contributed by atoms with Gasteiger partial charge in [-0.1, -0.05) is 23.2 Å². The van der Waals surface area contributed by atoms with Gasteiger partial charge in [-0.3, -0.25) is 0 Å². The van der Waals surface area contributed by atoms with Crippen LogP contribution in [0.15, 0.2) is 24.4 Å². The fourth-order valence-corrected chi connectivity index (χ4v) is 1.98. The van der Waals surface area contributed by atoms with Crippen LogP contribution in [0.1, 0.15) is 0 Å². The zero-order chi connectivity index (χ0) is 14.7. The second kappa shape index (κ2) is 6.15. The Balaban J connectivity index is 2.40. The van der Waals surface area contributed by atoms with Crippen molar-refractivity contribution in [1.82, 2.24) is 4.98 Å². The largest absolute Gasteiger partial charge is 0.495 e. The van der Waals surface area contributed by atoms with Crippen LogP contribution in [-0.4, -0.2) is 19.2 Å². The highest BCUT2D eigenvalue weighted by Gasteiger charge is 2.12. The van der Waals surface area contributed by atoms with Gasteiger partial charge in [0, 0.05) is 12.3 Å². The molecule has 20 heavy (non-hydrogen) atoms. The van der Waals surface area contributed by atoms with Crippen molar-refractivity contribution < 1.29 is 13.9 Å². The Morgan fingerprint density at radius 3 is 2.40 bits per heavy atom. The van der Waals surface area contributed by atoms with Crippen molar-refractivity contribution in [3.05, 3.63) is 40.3 Å². The molecule has 0 aliphatic rings. The van der Waals surface area contributed by atoms with E-state index in [1.807, 2.05) is 0 Å². The average molecular weight is 317 g/mol. The maximum Gasteiger partial charge on any atom is 0.167 e. The molecule has 0 saturated carbocycles. The number of hydrogen-bond donors (Lipinski definition) is 1. The van der Waals surface area contributed by atoms with Crippen LogP contribution in [0.4, 0.5) is 15.9 Å². The highest BCUT2D eigenvalue weighted by Crippen LogP contribution is 2.37. The van der Waals surface area contributed by atoms with Crippen LogP contribution in [0.3, 0.4) is 0 Å². The third-order valence-electron chi connectivity index (χ3n) is 2.53. The highest BCUT2D eigenvalue weighted by molar-refractivity contribution is 6.32. The van der Waals surface area contributed by atoms with E-state index in [4.69, 9.17) is 32.7 Å². The first-order valence-electron chi connectivity index (χ1n) is 5.54. The van der Waals surface area contributed by atoms with Gasteiger partial charge in [-0.25, -0.2) is 9.37 Å². The van der Waals surface area contributed by atoms with E-state index in [2.05, 4.69) is 10.3 Å². The first-order valence-corrected chi connectivity index (χ1v) is 6.30. The molecule has 0 atom stereocenters. The van der Waals surface area contributed by atoms with Gasteiger partial charge in [0.25, 0.3) is 0 Å². The lowest BCUT2D eigenvalue weighted by Gasteiger charge is -2.13. The SMILES string of the molecule is COc1cc(OC)c(Nc2ncc(Cl)cc2F)cc1Cl. The van der Waals surface area contributed by atoms with E-state index in [1.165, 1.54) is 20.4 Å². The van der Waals surface area contributed by atoms with E-state index in [9.17, 15) is 4.39 Å². The quantitative estimate of drug-likeness (QED) is 0.913. The van der Waals surface area contributed by atoms with Crippen LogP contribution in [0, 0.1) is 5.82 Å². The zero-order valence-electron chi connectivity index (χ0n) is 10.7. The molecule has 1 N–H and O–H groups in total. The summed E-state index contributed by atoms with van der Waals surface area (Å²) in [5, 5.41) is 3.38. The number of benzene rings is 1. The number of anilines is 2. The summed E-state index contributed by atoms with van der Waals surface area (Å²) in [7, 11) is 2.98. The number of ether oxygens (including phenoxy) is 2. The number of hydrogen-bond acceptors (Lipinski definition) is 4. The van der Waals surface area contributed by atoms with Crippen LogP contribution in [0.2, 0.25) is 10.0 Å². The molecule has 1 aromatic heterocycles. The first-order chi connectivity index (χ1) is 9.55. The van der Waals surface area contributed by atoms with Crippen molar-refractivity contribution in [3.8, 4) is 11.5 Å². The van der Waals surface area contributed by atoms with E-state index < -0.39 is 5.82 Å². The third-order valence-corrected chi connectivity index (χ3v) is 3.04. The second-order valence-electron chi connectivity index (χ2n) is 3.80. The molecule has 0 aliphatic carbocycles. The normalized spacial score (nSPS) is 10.2. The number of nitrogens with one attached hydrogen (secondary N) is 1. The number of methoxy groups -OCH3 is 2. The minimum atomic E-state index is -0.577. The molecule has 106 valence electrons. The first kappa shape index (κ1) is 14.7. The molecule has 0 saturated heterocycles. The molecule has 7 heteroatoms. The zero-order valence-corrected chi connectivity index (χ0v) is 12.2. The van der Waals surface area contributed by atoms with Gasteiger partial charge in [0.15, 0.2) is 11.6 Å². The lowest BCUT2D eigenvalue weighted by Crippen LogP contribution is -2.00. The number of pyridine rings is 1. The van der Waals surface area contributed by atoms with E-state index in [-0.39, 0.29) is 10.8 Å². The smallest absolute Gasteiger partial charge is 0.167 e. The molecule has 0 amide bonds. The maximum atomic E-state index is 13.7. The molecule has 4 nitrogen and oxygen atoms in total. The van der Waals surface area contributed by atoms with Crippen LogP contribution >= 0.6 is 23.2 Å². The second-order valence-corrected chi connectivity index (χ2v) is 4.64. The van der Waals surface area contributed by atoms with Gasteiger partial charge >= 0.3 is 0 Å². The van der Waals surface area contributed by atoms with Crippen molar-refractivity contribution in [2.45, 2.75) is 0 Å². The molecular formula is C13H11Cl2FN2O2. The van der Waals surface area contributed by atoms with Gasteiger partial charge < -0.3 is 14.8 Å². The van der Waals surface area contributed by atoms with Gasteiger partial charge in [0.05, 0.1) is 30.0 Å². The molecule has 0 spiro atoms.